The zero-order valence-corrected chi connectivity index (χ0v) is 9.16. The van der Waals surface area contributed by atoms with Crippen LogP contribution in [0.15, 0.2) is 23.0 Å². The second kappa shape index (κ2) is 3.50. The highest BCUT2D eigenvalue weighted by atomic mass is 16.1. The van der Waals surface area contributed by atoms with E-state index in [2.05, 4.69) is 23.8 Å². The molecule has 3 heteroatoms. The van der Waals surface area contributed by atoms with Crippen LogP contribution in [0.4, 0.5) is 0 Å². The largest absolute Gasteiger partial charge is 0.310 e. The van der Waals surface area contributed by atoms with E-state index in [1.807, 2.05) is 18.2 Å². The number of aryl methyl sites for hydroxylation is 1. The Morgan fingerprint density at radius 2 is 2.07 bits per heavy atom. The lowest BCUT2D eigenvalue weighted by molar-refractivity contribution is 0.867. The van der Waals surface area contributed by atoms with Crippen molar-refractivity contribution in [1.82, 2.24) is 9.97 Å². The number of hydrogen-bond acceptors (Lipinski definition) is 2. The molecule has 15 heavy (non-hydrogen) atoms. The number of benzene rings is 1. The standard InChI is InChI=1S/C12H14N2O/c1-7(2)9-4-5-10-11(6-9)13-8(3)14-12(10)15/h4-7H,1-3H3,(H,13,14,15). The molecule has 0 bridgehead atoms. The average Bonchev–Trinajstić information content (AvgIpc) is 2.16. The van der Waals surface area contributed by atoms with Crippen molar-refractivity contribution in [1.29, 1.82) is 0 Å². The van der Waals surface area contributed by atoms with Crippen LogP contribution in [0, 0.1) is 6.92 Å². The molecule has 1 aromatic heterocycles. The van der Waals surface area contributed by atoms with Crippen molar-refractivity contribution in [2.45, 2.75) is 26.7 Å². The van der Waals surface area contributed by atoms with Gasteiger partial charge in [-0.25, -0.2) is 4.98 Å². The Labute approximate surface area is 88.2 Å². The fourth-order valence-corrected chi connectivity index (χ4v) is 1.63. The molecule has 1 N–H and O–H groups in total. The normalized spacial score (nSPS) is 11.2. The molecular weight excluding hydrogens is 188 g/mol. The van der Waals surface area contributed by atoms with Crippen LogP contribution in [0.1, 0.15) is 31.2 Å². The van der Waals surface area contributed by atoms with Crippen LogP contribution in [0.5, 0.6) is 0 Å². The van der Waals surface area contributed by atoms with Gasteiger partial charge in [0.15, 0.2) is 0 Å². The Hall–Kier alpha value is -1.64. The highest BCUT2D eigenvalue weighted by molar-refractivity contribution is 5.78. The minimum absolute atomic E-state index is 0.0622. The van der Waals surface area contributed by atoms with Gasteiger partial charge in [-0.1, -0.05) is 19.9 Å². The zero-order chi connectivity index (χ0) is 11.0. The molecule has 2 rings (SSSR count). The molecule has 0 unspecified atom stereocenters. The Morgan fingerprint density at radius 3 is 2.73 bits per heavy atom. The minimum Gasteiger partial charge on any atom is -0.310 e. The molecule has 0 atom stereocenters. The SMILES string of the molecule is Cc1nc2cc(C(C)C)ccc2c(=O)[nH]1. The third kappa shape index (κ3) is 1.77. The van der Waals surface area contributed by atoms with Crippen molar-refractivity contribution in [3.63, 3.8) is 0 Å². The van der Waals surface area contributed by atoms with E-state index in [0.29, 0.717) is 17.1 Å². The van der Waals surface area contributed by atoms with Crippen LogP contribution >= 0.6 is 0 Å². The Bertz CT molecular complexity index is 555. The second-order valence-corrected chi connectivity index (χ2v) is 4.08. The van der Waals surface area contributed by atoms with E-state index in [-0.39, 0.29) is 5.56 Å². The van der Waals surface area contributed by atoms with Crippen molar-refractivity contribution < 1.29 is 0 Å². The van der Waals surface area contributed by atoms with Gasteiger partial charge < -0.3 is 4.98 Å². The van der Waals surface area contributed by atoms with Crippen molar-refractivity contribution in [3.8, 4) is 0 Å². The maximum absolute atomic E-state index is 11.6. The number of H-pyrrole nitrogens is 1. The quantitative estimate of drug-likeness (QED) is 0.771. The monoisotopic (exact) mass is 202 g/mol. The van der Waals surface area contributed by atoms with Gasteiger partial charge >= 0.3 is 0 Å². The molecular formula is C12H14N2O. The number of aromatic amines is 1. The first-order valence-corrected chi connectivity index (χ1v) is 5.08. The van der Waals surface area contributed by atoms with Gasteiger partial charge in [-0.15, -0.1) is 0 Å². The predicted octanol–water partition coefficient (Wildman–Crippen LogP) is 2.35. The minimum atomic E-state index is -0.0622. The number of nitrogens with one attached hydrogen (secondary N) is 1. The number of aromatic nitrogens is 2. The summed E-state index contributed by atoms with van der Waals surface area (Å²) in [6.07, 6.45) is 0. The van der Waals surface area contributed by atoms with Crippen LogP contribution in [0.2, 0.25) is 0 Å². The highest BCUT2D eigenvalue weighted by Gasteiger charge is 2.04. The predicted molar refractivity (Wildman–Crippen MR) is 61.2 cm³/mol. The van der Waals surface area contributed by atoms with Crippen LogP contribution in [0.25, 0.3) is 10.9 Å². The van der Waals surface area contributed by atoms with Crippen molar-refractivity contribution in [2.75, 3.05) is 0 Å². The molecule has 0 aliphatic carbocycles. The smallest absolute Gasteiger partial charge is 0.258 e. The molecule has 2 aromatic rings. The summed E-state index contributed by atoms with van der Waals surface area (Å²) >= 11 is 0. The van der Waals surface area contributed by atoms with Gasteiger partial charge in [-0.2, -0.15) is 0 Å². The highest BCUT2D eigenvalue weighted by Crippen LogP contribution is 2.17. The van der Waals surface area contributed by atoms with Crippen LogP contribution < -0.4 is 5.56 Å². The maximum atomic E-state index is 11.6. The van der Waals surface area contributed by atoms with E-state index in [1.54, 1.807) is 6.92 Å². The first-order valence-electron chi connectivity index (χ1n) is 5.08. The number of rotatable bonds is 1. The van der Waals surface area contributed by atoms with E-state index < -0.39 is 0 Å². The molecule has 0 amide bonds. The number of hydrogen-bond donors (Lipinski definition) is 1. The summed E-state index contributed by atoms with van der Waals surface area (Å²) in [6, 6.07) is 5.82. The van der Waals surface area contributed by atoms with Crippen molar-refractivity contribution >= 4 is 10.9 Å². The second-order valence-electron chi connectivity index (χ2n) is 4.08. The van der Waals surface area contributed by atoms with Crippen molar-refractivity contribution in [2.24, 2.45) is 0 Å². The summed E-state index contributed by atoms with van der Waals surface area (Å²) < 4.78 is 0. The molecule has 0 radical (unpaired) electrons. The molecule has 1 heterocycles. The van der Waals surface area contributed by atoms with Crippen molar-refractivity contribution in [3.05, 3.63) is 39.9 Å². The lowest BCUT2D eigenvalue weighted by atomic mass is 10.0. The summed E-state index contributed by atoms with van der Waals surface area (Å²) in [4.78, 5) is 18.6. The third-order valence-corrected chi connectivity index (χ3v) is 2.52. The first-order chi connectivity index (χ1) is 7.08. The molecule has 0 aliphatic rings. The fourth-order valence-electron chi connectivity index (χ4n) is 1.63. The average molecular weight is 202 g/mol. The van der Waals surface area contributed by atoms with E-state index in [0.717, 1.165) is 5.52 Å². The van der Waals surface area contributed by atoms with E-state index >= 15 is 0 Å². The molecule has 0 saturated heterocycles. The molecule has 0 fully saturated rings. The molecule has 78 valence electrons. The summed E-state index contributed by atoms with van der Waals surface area (Å²) in [5.41, 5.74) is 1.93. The van der Waals surface area contributed by atoms with Crippen LogP contribution in [-0.2, 0) is 0 Å². The Morgan fingerprint density at radius 1 is 1.33 bits per heavy atom. The topological polar surface area (TPSA) is 45.8 Å². The summed E-state index contributed by atoms with van der Waals surface area (Å²) in [5.74, 6) is 1.11. The van der Waals surface area contributed by atoms with Gasteiger partial charge in [-0.3, -0.25) is 4.79 Å². The van der Waals surface area contributed by atoms with Gasteiger partial charge in [0.25, 0.3) is 5.56 Å². The molecule has 0 saturated carbocycles. The lowest BCUT2D eigenvalue weighted by Crippen LogP contribution is -2.09. The van der Waals surface area contributed by atoms with Gasteiger partial charge in [0.05, 0.1) is 10.9 Å². The third-order valence-electron chi connectivity index (χ3n) is 2.52. The lowest BCUT2D eigenvalue weighted by Gasteiger charge is -2.06. The van der Waals surface area contributed by atoms with Gasteiger partial charge in [0, 0.05) is 0 Å². The number of fused-ring (bicyclic) bond motifs is 1. The van der Waals surface area contributed by atoms with Gasteiger partial charge in [0.2, 0.25) is 0 Å². The molecule has 3 nitrogen and oxygen atoms in total. The van der Waals surface area contributed by atoms with Gasteiger partial charge in [0.1, 0.15) is 5.82 Å². The Kier molecular flexibility index (Phi) is 2.31. The van der Waals surface area contributed by atoms with Gasteiger partial charge in [-0.05, 0) is 30.5 Å². The maximum Gasteiger partial charge on any atom is 0.258 e. The summed E-state index contributed by atoms with van der Waals surface area (Å²) in [6.45, 7) is 6.05. The Balaban J connectivity index is 2.77. The summed E-state index contributed by atoms with van der Waals surface area (Å²) in [5, 5.41) is 0.657. The first kappa shape index (κ1) is 9.90. The van der Waals surface area contributed by atoms with E-state index in [4.69, 9.17) is 0 Å². The molecule has 0 spiro atoms. The summed E-state index contributed by atoms with van der Waals surface area (Å²) in [7, 11) is 0. The number of nitrogens with zero attached hydrogens (tertiary/aromatic N) is 1. The van der Waals surface area contributed by atoms with Crippen LogP contribution in [-0.4, -0.2) is 9.97 Å². The fraction of sp³-hybridized carbons (Fsp3) is 0.333. The van der Waals surface area contributed by atoms with E-state index in [1.165, 1.54) is 5.56 Å². The van der Waals surface area contributed by atoms with E-state index in [9.17, 15) is 4.79 Å². The van der Waals surface area contributed by atoms with Crippen LogP contribution in [0.3, 0.4) is 0 Å². The molecule has 0 aliphatic heterocycles. The molecule has 1 aromatic carbocycles. The zero-order valence-electron chi connectivity index (χ0n) is 9.16.